The highest BCUT2D eigenvalue weighted by Crippen LogP contribution is 2.27. The fourth-order valence-electron chi connectivity index (χ4n) is 1.67. The SMILES string of the molecule is COc1nc(Cl)cc(NC(=O)NS(=O)(=O)c2ccc(Cl)c([N+](=O)[O-])c2)n1. The van der Waals surface area contributed by atoms with Crippen LogP contribution in [-0.4, -0.2) is 36.4 Å². The largest absolute Gasteiger partial charge is 0.467 e. The van der Waals surface area contributed by atoms with E-state index in [-0.39, 0.29) is 22.0 Å². The molecular weight excluding hydrogens is 413 g/mol. The molecule has 0 aliphatic heterocycles. The average molecular weight is 422 g/mol. The maximum atomic E-state index is 12.2. The highest BCUT2D eigenvalue weighted by Gasteiger charge is 2.23. The van der Waals surface area contributed by atoms with Crippen LogP contribution in [0, 0.1) is 10.1 Å². The zero-order chi connectivity index (χ0) is 19.5. The van der Waals surface area contributed by atoms with Crippen molar-refractivity contribution in [1.82, 2.24) is 14.7 Å². The normalized spacial score (nSPS) is 10.9. The van der Waals surface area contributed by atoms with Gasteiger partial charge in [-0.1, -0.05) is 23.2 Å². The molecule has 0 saturated heterocycles. The zero-order valence-corrected chi connectivity index (χ0v) is 15.1. The molecule has 26 heavy (non-hydrogen) atoms. The van der Waals surface area contributed by atoms with Gasteiger partial charge in [-0.05, 0) is 12.1 Å². The maximum absolute atomic E-state index is 12.2. The summed E-state index contributed by atoms with van der Waals surface area (Å²) < 4.78 is 30.8. The van der Waals surface area contributed by atoms with Crippen molar-refractivity contribution >= 4 is 50.8 Å². The number of nitro groups is 1. The molecule has 1 aromatic heterocycles. The summed E-state index contributed by atoms with van der Waals surface area (Å²) in [4.78, 5) is 28.8. The van der Waals surface area contributed by atoms with Gasteiger partial charge in [0.2, 0.25) is 0 Å². The van der Waals surface area contributed by atoms with Crippen LogP contribution in [-0.2, 0) is 10.0 Å². The summed E-state index contributed by atoms with van der Waals surface area (Å²) in [6.07, 6.45) is 0. The molecule has 0 atom stereocenters. The molecule has 2 N–H and O–H groups in total. The van der Waals surface area contributed by atoms with Crippen molar-refractivity contribution in [3.05, 3.63) is 44.6 Å². The first-order valence-corrected chi connectivity index (χ1v) is 8.72. The van der Waals surface area contributed by atoms with Crippen LogP contribution < -0.4 is 14.8 Å². The third-order valence-corrected chi connectivity index (χ3v) is 4.59. The van der Waals surface area contributed by atoms with Gasteiger partial charge in [-0.15, -0.1) is 0 Å². The quantitative estimate of drug-likeness (QED) is 0.422. The smallest absolute Gasteiger partial charge is 0.334 e. The zero-order valence-electron chi connectivity index (χ0n) is 12.8. The molecule has 11 nitrogen and oxygen atoms in total. The topological polar surface area (TPSA) is 153 Å². The van der Waals surface area contributed by atoms with Crippen LogP contribution in [0.15, 0.2) is 29.2 Å². The van der Waals surface area contributed by atoms with Gasteiger partial charge < -0.3 is 4.74 Å². The van der Waals surface area contributed by atoms with Crippen LogP contribution in [0.5, 0.6) is 6.01 Å². The molecule has 2 amide bonds. The van der Waals surface area contributed by atoms with Gasteiger partial charge in [0.1, 0.15) is 16.0 Å². The number of benzene rings is 1. The molecule has 1 aromatic carbocycles. The van der Waals surface area contributed by atoms with Gasteiger partial charge in [0.25, 0.3) is 15.7 Å². The number of halogens is 2. The van der Waals surface area contributed by atoms with Gasteiger partial charge in [0.15, 0.2) is 0 Å². The molecule has 1 heterocycles. The minimum absolute atomic E-state index is 0.0525. The molecule has 0 unspecified atom stereocenters. The Bertz CT molecular complexity index is 984. The second-order valence-corrected chi connectivity index (χ2v) is 6.97. The van der Waals surface area contributed by atoms with E-state index in [1.165, 1.54) is 7.11 Å². The fraction of sp³-hybridized carbons (Fsp3) is 0.0833. The number of hydrogen-bond acceptors (Lipinski definition) is 8. The third kappa shape index (κ3) is 4.68. The maximum Gasteiger partial charge on any atom is 0.334 e. The number of carbonyl (C=O) groups is 1. The van der Waals surface area contributed by atoms with Gasteiger partial charge >= 0.3 is 12.0 Å². The lowest BCUT2D eigenvalue weighted by Gasteiger charge is -2.09. The molecule has 0 fully saturated rings. The Balaban J connectivity index is 2.21. The van der Waals surface area contributed by atoms with E-state index >= 15 is 0 Å². The highest BCUT2D eigenvalue weighted by atomic mass is 35.5. The number of nitrogens with one attached hydrogen (secondary N) is 2. The number of nitro benzene ring substituents is 1. The Hall–Kier alpha value is -2.70. The lowest BCUT2D eigenvalue weighted by atomic mass is 10.3. The van der Waals surface area contributed by atoms with Gasteiger partial charge in [-0.2, -0.15) is 9.97 Å². The van der Waals surface area contributed by atoms with Crippen LogP contribution in [0.25, 0.3) is 0 Å². The van der Waals surface area contributed by atoms with Gasteiger partial charge in [0.05, 0.1) is 16.9 Å². The summed E-state index contributed by atoms with van der Waals surface area (Å²) in [5.41, 5.74) is -0.623. The van der Waals surface area contributed by atoms with Crippen LogP contribution >= 0.6 is 23.2 Å². The van der Waals surface area contributed by atoms with E-state index in [1.54, 1.807) is 4.72 Å². The predicted octanol–water partition coefficient (Wildman–Crippen LogP) is 2.21. The van der Waals surface area contributed by atoms with Crippen molar-refractivity contribution in [2.75, 3.05) is 12.4 Å². The standard InChI is InChI=1S/C12H9Cl2N5O6S/c1-25-12-15-9(14)5-10(17-12)16-11(20)18-26(23,24)6-2-3-7(13)8(4-6)19(21)22/h2-5H,1H3,(H2,15,16,17,18,20). The summed E-state index contributed by atoms with van der Waals surface area (Å²) in [5.74, 6) is -0.128. The summed E-state index contributed by atoms with van der Waals surface area (Å²) in [7, 11) is -3.14. The van der Waals surface area contributed by atoms with Crippen molar-refractivity contribution in [2.24, 2.45) is 0 Å². The first-order valence-electron chi connectivity index (χ1n) is 6.48. The Kier molecular flexibility index (Phi) is 5.79. The lowest BCUT2D eigenvalue weighted by Crippen LogP contribution is -2.34. The molecule has 138 valence electrons. The second kappa shape index (κ2) is 7.68. The molecule has 2 aromatic rings. The summed E-state index contributed by atoms with van der Waals surface area (Å²) >= 11 is 11.3. The monoisotopic (exact) mass is 421 g/mol. The van der Waals surface area contributed by atoms with E-state index in [0.29, 0.717) is 0 Å². The predicted molar refractivity (Wildman–Crippen MR) is 91.0 cm³/mol. The number of urea groups is 1. The number of sulfonamides is 1. The molecule has 14 heteroatoms. The van der Waals surface area contributed by atoms with E-state index in [1.807, 2.05) is 0 Å². The van der Waals surface area contributed by atoms with Crippen LogP contribution in [0.1, 0.15) is 0 Å². The van der Waals surface area contributed by atoms with E-state index in [4.69, 9.17) is 27.9 Å². The van der Waals surface area contributed by atoms with Crippen molar-refractivity contribution in [1.29, 1.82) is 0 Å². The van der Waals surface area contributed by atoms with E-state index < -0.39 is 31.6 Å². The van der Waals surface area contributed by atoms with Crippen LogP contribution in [0.3, 0.4) is 0 Å². The van der Waals surface area contributed by atoms with E-state index in [2.05, 4.69) is 15.3 Å². The molecule has 0 spiro atoms. The van der Waals surface area contributed by atoms with Crippen LogP contribution in [0.4, 0.5) is 16.3 Å². The lowest BCUT2D eigenvalue weighted by molar-refractivity contribution is -0.384. The van der Waals surface area contributed by atoms with Gasteiger partial charge in [-0.25, -0.2) is 17.9 Å². The number of carbonyl (C=O) groups excluding carboxylic acids is 1. The van der Waals surface area contributed by atoms with Crippen molar-refractivity contribution in [3.63, 3.8) is 0 Å². The van der Waals surface area contributed by atoms with Crippen molar-refractivity contribution in [3.8, 4) is 6.01 Å². The number of methoxy groups -OCH3 is 1. The number of ether oxygens (including phenoxy) is 1. The Morgan fingerprint density at radius 3 is 2.58 bits per heavy atom. The molecule has 0 aliphatic carbocycles. The third-order valence-electron chi connectivity index (χ3n) is 2.75. The van der Waals surface area contributed by atoms with Crippen molar-refractivity contribution in [2.45, 2.75) is 4.90 Å². The highest BCUT2D eigenvalue weighted by molar-refractivity contribution is 7.90. The minimum atomic E-state index is -4.41. The fourth-order valence-corrected chi connectivity index (χ4v) is 2.96. The van der Waals surface area contributed by atoms with Crippen molar-refractivity contribution < 1.29 is 22.9 Å². The molecule has 0 aliphatic rings. The first-order chi connectivity index (χ1) is 12.1. The molecule has 0 bridgehead atoms. The Morgan fingerprint density at radius 2 is 1.96 bits per heavy atom. The first kappa shape index (κ1) is 19.6. The molecule has 2 rings (SSSR count). The Morgan fingerprint density at radius 1 is 1.27 bits per heavy atom. The van der Waals surface area contributed by atoms with E-state index in [0.717, 1.165) is 24.3 Å². The Labute approximate surface area is 156 Å². The summed E-state index contributed by atoms with van der Waals surface area (Å²) in [5, 5.41) is 12.7. The van der Waals surface area contributed by atoms with E-state index in [9.17, 15) is 23.3 Å². The number of anilines is 1. The van der Waals surface area contributed by atoms with Gasteiger partial charge in [-0.3, -0.25) is 15.4 Å². The molecule has 0 saturated carbocycles. The number of hydrogen-bond donors (Lipinski definition) is 2. The second-order valence-electron chi connectivity index (χ2n) is 4.49. The van der Waals surface area contributed by atoms with Gasteiger partial charge in [0, 0.05) is 12.1 Å². The minimum Gasteiger partial charge on any atom is -0.467 e. The summed E-state index contributed by atoms with van der Waals surface area (Å²) in [6.45, 7) is 0. The number of nitrogens with zero attached hydrogens (tertiary/aromatic N) is 3. The van der Waals surface area contributed by atoms with Crippen LogP contribution in [0.2, 0.25) is 10.2 Å². The number of aromatic nitrogens is 2. The number of rotatable bonds is 5. The average Bonchev–Trinajstić information content (AvgIpc) is 2.53. The summed E-state index contributed by atoms with van der Waals surface area (Å²) in [6, 6.07) is 2.59. The number of amides is 2. The molecular formula is C12H9Cl2N5O6S. The molecule has 0 radical (unpaired) electrons.